The van der Waals surface area contributed by atoms with Gasteiger partial charge in [0.15, 0.2) is 0 Å². The van der Waals surface area contributed by atoms with Crippen molar-refractivity contribution < 1.29 is 0 Å². The number of rotatable bonds is 2. The number of hydrogen-bond acceptors (Lipinski definition) is 0. The van der Waals surface area contributed by atoms with Crippen LogP contribution in [0.4, 0.5) is 0 Å². The van der Waals surface area contributed by atoms with Gasteiger partial charge in [0.1, 0.15) is 0 Å². The first-order chi connectivity index (χ1) is 10.1. The maximum Gasteiger partial charge on any atom is 0.0270 e. The Bertz CT molecular complexity index is 759. The molecule has 3 aromatic rings. The van der Waals surface area contributed by atoms with Crippen LogP contribution in [0.15, 0.2) is 66.7 Å². The average molecular weight is 608 g/mol. The Labute approximate surface area is 165 Å². The lowest BCUT2D eigenvalue weighted by molar-refractivity contribution is 1.54. The molecule has 0 aliphatic heterocycles. The van der Waals surface area contributed by atoms with Crippen molar-refractivity contribution in [1.29, 1.82) is 0 Å². The summed E-state index contributed by atoms with van der Waals surface area (Å²) in [5.74, 6) is 0. The monoisotopic (exact) mass is 608 g/mol. The summed E-state index contributed by atoms with van der Waals surface area (Å²) in [5, 5.41) is 0. The van der Waals surface area contributed by atoms with Crippen molar-refractivity contribution in [2.45, 2.75) is 0 Å². The van der Waals surface area contributed by atoms with Gasteiger partial charge in [0, 0.05) is 10.7 Å². The van der Waals surface area contributed by atoms with Crippen LogP contribution in [0.25, 0.3) is 22.3 Å². The first kappa shape index (κ1) is 15.7. The van der Waals surface area contributed by atoms with Gasteiger partial charge in [-0.1, -0.05) is 42.5 Å². The third-order valence-electron chi connectivity index (χ3n) is 3.32. The van der Waals surface area contributed by atoms with E-state index in [1.807, 2.05) is 0 Å². The van der Waals surface area contributed by atoms with Crippen LogP contribution < -0.4 is 0 Å². The molecular weight excluding hydrogens is 597 g/mol. The zero-order valence-corrected chi connectivity index (χ0v) is 17.5. The highest BCUT2D eigenvalue weighted by Crippen LogP contribution is 2.27. The summed E-state index contributed by atoms with van der Waals surface area (Å²) < 4.78 is 3.86. The van der Waals surface area contributed by atoms with Gasteiger partial charge in [-0.25, -0.2) is 0 Å². The molecule has 3 heteroatoms. The highest BCUT2D eigenvalue weighted by molar-refractivity contribution is 14.1. The van der Waals surface area contributed by atoms with Crippen molar-refractivity contribution in [3.05, 3.63) is 77.4 Å². The van der Waals surface area contributed by atoms with Gasteiger partial charge in [-0.3, -0.25) is 0 Å². The van der Waals surface area contributed by atoms with Crippen LogP contribution in [0.2, 0.25) is 0 Å². The first-order valence-corrected chi connectivity index (χ1v) is 9.68. The molecule has 21 heavy (non-hydrogen) atoms. The largest absolute Gasteiger partial charge is 0.0538 e. The van der Waals surface area contributed by atoms with E-state index in [0.29, 0.717) is 0 Å². The van der Waals surface area contributed by atoms with Crippen LogP contribution in [0.1, 0.15) is 0 Å². The summed E-state index contributed by atoms with van der Waals surface area (Å²) in [4.78, 5) is 0. The summed E-state index contributed by atoms with van der Waals surface area (Å²) in [5.41, 5.74) is 5.06. The lowest BCUT2D eigenvalue weighted by Gasteiger charge is -2.06. The number of halogens is 3. The quantitative estimate of drug-likeness (QED) is 0.280. The zero-order valence-electron chi connectivity index (χ0n) is 11.0. The summed E-state index contributed by atoms with van der Waals surface area (Å²) in [6.45, 7) is 0. The molecule has 3 aromatic carbocycles. The molecule has 104 valence electrons. The van der Waals surface area contributed by atoms with Gasteiger partial charge in [-0.05, 0) is 114 Å². The van der Waals surface area contributed by atoms with E-state index in [-0.39, 0.29) is 0 Å². The second-order valence-electron chi connectivity index (χ2n) is 4.71. The Balaban J connectivity index is 1.93. The fourth-order valence-electron chi connectivity index (χ4n) is 2.17. The SMILES string of the molecule is Ic1ccc(-c2ccc(-c3ccc(I)c(I)c3)cc2)cc1. The smallest absolute Gasteiger partial charge is 0.0270 e. The van der Waals surface area contributed by atoms with Crippen molar-refractivity contribution in [3.8, 4) is 22.3 Å². The van der Waals surface area contributed by atoms with Crippen LogP contribution >= 0.6 is 67.8 Å². The summed E-state index contributed by atoms with van der Waals surface area (Å²) in [6.07, 6.45) is 0. The third-order valence-corrected chi connectivity index (χ3v) is 6.90. The minimum Gasteiger partial charge on any atom is -0.0538 e. The molecule has 0 aromatic heterocycles. The second kappa shape index (κ2) is 6.95. The van der Waals surface area contributed by atoms with Crippen molar-refractivity contribution in [3.63, 3.8) is 0 Å². The Morgan fingerprint density at radius 2 is 0.857 bits per heavy atom. The zero-order chi connectivity index (χ0) is 14.8. The van der Waals surface area contributed by atoms with Gasteiger partial charge in [-0.2, -0.15) is 0 Å². The van der Waals surface area contributed by atoms with E-state index in [1.165, 1.54) is 33.0 Å². The maximum atomic E-state index is 2.39. The third kappa shape index (κ3) is 3.79. The summed E-state index contributed by atoms with van der Waals surface area (Å²) in [7, 11) is 0. The summed E-state index contributed by atoms with van der Waals surface area (Å²) >= 11 is 7.09. The number of hydrogen-bond donors (Lipinski definition) is 0. The number of benzene rings is 3. The molecule has 0 N–H and O–H groups in total. The van der Waals surface area contributed by atoms with E-state index in [1.54, 1.807) is 0 Å². The molecule has 0 unspecified atom stereocenters. The summed E-state index contributed by atoms with van der Waals surface area (Å²) in [6, 6.07) is 24.0. The predicted molar refractivity (Wildman–Crippen MR) is 115 cm³/mol. The fourth-order valence-corrected chi connectivity index (χ4v) is 3.38. The van der Waals surface area contributed by atoms with Gasteiger partial charge in [-0.15, -0.1) is 0 Å². The van der Waals surface area contributed by atoms with Gasteiger partial charge < -0.3 is 0 Å². The Kier molecular flexibility index (Phi) is 5.21. The van der Waals surface area contributed by atoms with Crippen LogP contribution in [0.3, 0.4) is 0 Å². The topological polar surface area (TPSA) is 0 Å². The second-order valence-corrected chi connectivity index (χ2v) is 8.28. The Morgan fingerprint density at radius 3 is 1.38 bits per heavy atom. The van der Waals surface area contributed by atoms with Crippen LogP contribution in [0.5, 0.6) is 0 Å². The Hall–Kier alpha value is -0.150. The minimum atomic E-state index is 1.26. The van der Waals surface area contributed by atoms with Gasteiger partial charge in [0.2, 0.25) is 0 Å². The lowest BCUT2D eigenvalue weighted by atomic mass is 10.0. The van der Waals surface area contributed by atoms with E-state index in [0.717, 1.165) is 0 Å². The first-order valence-electron chi connectivity index (χ1n) is 6.45. The van der Waals surface area contributed by atoms with E-state index >= 15 is 0 Å². The van der Waals surface area contributed by atoms with Gasteiger partial charge >= 0.3 is 0 Å². The molecule has 0 aliphatic carbocycles. The standard InChI is InChI=1S/C18H11I3/c19-16-8-5-13(6-9-16)12-1-3-14(4-2-12)15-7-10-17(20)18(21)11-15/h1-11H. The van der Waals surface area contributed by atoms with Crippen molar-refractivity contribution >= 4 is 67.8 Å². The molecule has 0 heterocycles. The molecule has 0 amide bonds. The fraction of sp³-hybridized carbons (Fsp3) is 0. The molecule has 0 radical (unpaired) electrons. The molecule has 0 spiro atoms. The van der Waals surface area contributed by atoms with Crippen LogP contribution in [-0.4, -0.2) is 0 Å². The molecule has 0 aliphatic rings. The minimum absolute atomic E-state index is 1.26. The molecule has 0 saturated heterocycles. The van der Waals surface area contributed by atoms with Crippen molar-refractivity contribution in [2.24, 2.45) is 0 Å². The Morgan fingerprint density at radius 1 is 0.429 bits per heavy atom. The van der Waals surface area contributed by atoms with Gasteiger partial charge in [0.05, 0.1) is 0 Å². The average Bonchev–Trinajstić information content (AvgIpc) is 2.51. The molecule has 0 saturated carbocycles. The predicted octanol–water partition coefficient (Wildman–Crippen LogP) is 6.83. The molecular formula is C18H11I3. The van der Waals surface area contributed by atoms with E-state index in [4.69, 9.17) is 0 Å². The highest BCUT2D eigenvalue weighted by Gasteiger charge is 2.03. The lowest BCUT2D eigenvalue weighted by Crippen LogP contribution is -1.84. The highest BCUT2D eigenvalue weighted by atomic mass is 127. The van der Waals surface area contributed by atoms with Gasteiger partial charge in [0.25, 0.3) is 0 Å². The van der Waals surface area contributed by atoms with Crippen molar-refractivity contribution in [1.82, 2.24) is 0 Å². The van der Waals surface area contributed by atoms with Crippen molar-refractivity contribution in [2.75, 3.05) is 0 Å². The van der Waals surface area contributed by atoms with E-state index < -0.39 is 0 Å². The maximum absolute atomic E-state index is 2.39. The molecule has 0 bridgehead atoms. The normalized spacial score (nSPS) is 10.6. The molecule has 0 atom stereocenters. The molecule has 0 fully saturated rings. The van der Waals surface area contributed by atoms with Crippen LogP contribution in [0, 0.1) is 10.7 Å². The van der Waals surface area contributed by atoms with E-state index in [2.05, 4.69) is 135 Å². The molecule has 3 rings (SSSR count). The van der Waals surface area contributed by atoms with Crippen LogP contribution in [-0.2, 0) is 0 Å². The van der Waals surface area contributed by atoms with E-state index in [9.17, 15) is 0 Å². The molecule has 0 nitrogen and oxygen atoms in total.